The molecule has 1 aliphatic heterocycles. The van der Waals surface area contributed by atoms with Crippen molar-refractivity contribution in [3.8, 4) is 5.75 Å². The molecule has 2 aromatic carbocycles. The van der Waals surface area contributed by atoms with Crippen molar-refractivity contribution in [1.29, 1.82) is 0 Å². The van der Waals surface area contributed by atoms with E-state index >= 15 is 0 Å². The van der Waals surface area contributed by atoms with Gasteiger partial charge in [-0.1, -0.05) is 24.3 Å². The van der Waals surface area contributed by atoms with Crippen molar-refractivity contribution in [2.45, 2.75) is 25.8 Å². The molecule has 1 atom stereocenters. The number of pyridine rings is 1. The maximum absolute atomic E-state index is 5.91. The lowest BCUT2D eigenvalue weighted by molar-refractivity contribution is 0.281. The molecule has 0 bridgehead atoms. The normalized spacial score (nSPS) is 14.5. The summed E-state index contributed by atoms with van der Waals surface area (Å²) >= 11 is 0. The first-order valence-electron chi connectivity index (χ1n) is 10.1. The summed E-state index contributed by atoms with van der Waals surface area (Å²) in [6.07, 6.45) is 3.97. The summed E-state index contributed by atoms with van der Waals surface area (Å²) in [7, 11) is 4.16. The molecule has 0 saturated heterocycles. The Hall–Kier alpha value is -2.59. The van der Waals surface area contributed by atoms with Gasteiger partial charge in [0, 0.05) is 24.2 Å². The second-order valence-electron chi connectivity index (χ2n) is 7.88. The number of hydrogen-bond donors (Lipinski definition) is 0. The van der Waals surface area contributed by atoms with E-state index in [9.17, 15) is 0 Å². The third-order valence-corrected chi connectivity index (χ3v) is 5.57. The highest BCUT2D eigenvalue weighted by atomic mass is 16.5. The molecule has 28 heavy (non-hydrogen) atoms. The highest BCUT2D eigenvalue weighted by molar-refractivity contribution is 5.80. The lowest BCUT2D eigenvalue weighted by atomic mass is 10.0. The van der Waals surface area contributed by atoms with Crippen LogP contribution in [0.5, 0.6) is 5.75 Å². The van der Waals surface area contributed by atoms with E-state index in [1.54, 1.807) is 0 Å². The number of aromatic nitrogens is 1. The number of anilines is 1. The van der Waals surface area contributed by atoms with Crippen molar-refractivity contribution in [2.75, 3.05) is 38.7 Å². The summed E-state index contributed by atoms with van der Waals surface area (Å²) < 4.78 is 5.91. The Morgan fingerprint density at radius 1 is 1.14 bits per heavy atom. The number of benzene rings is 2. The molecule has 0 radical (unpaired) electrons. The first kappa shape index (κ1) is 18.8. The van der Waals surface area contributed by atoms with E-state index in [1.165, 1.54) is 16.8 Å². The lowest BCUT2D eigenvalue weighted by Crippen LogP contribution is -2.24. The molecular weight excluding hydrogens is 346 g/mol. The van der Waals surface area contributed by atoms with E-state index in [2.05, 4.69) is 84.3 Å². The number of para-hydroxylation sites is 1. The average Bonchev–Trinajstić information content (AvgIpc) is 3.14. The van der Waals surface area contributed by atoms with Gasteiger partial charge in [0.05, 0.1) is 24.4 Å². The van der Waals surface area contributed by atoms with Crippen LogP contribution in [0.15, 0.2) is 54.7 Å². The molecule has 3 aromatic rings. The Bertz CT molecular complexity index is 953. The van der Waals surface area contributed by atoms with Gasteiger partial charge >= 0.3 is 0 Å². The van der Waals surface area contributed by atoms with Gasteiger partial charge < -0.3 is 14.5 Å². The minimum Gasteiger partial charge on any atom is -0.492 e. The topological polar surface area (TPSA) is 28.6 Å². The van der Waals surface area contributed by atoms with Crippen LogP contribution in [0.3, 0.4) is 0 Å². The lowest BCUT2D eigenvalue weighted by Gasteiger charge is -2.28. The summed E-state index contributed by atoms with van der Waals surface area (Å²) in [5.74, 6) is 0.850. The fraction of sp³-hybridized carbons (Fsp3) is 0.375. The van der Waals surface area contributed by atoms with Crippen LogP contribution in [0.2, 0.25) is 0 Å². The molecule has 0 saturated carbocycles. The second-order valence-corrected chi connectivity index (χ2v) is 7.88. The fourth-order valence-corrected chi connectivity index (χ4v) is 3.99. The highest BCUT2D eigenvalue weighted by Crippen LogP contribution is 2.35. The first-order chi connectivity index (χ1) is 13.6. The molecule has 1 aromatic heterocycles. The second kappa shape index (κ2) is 8.19. The van der Waals surface area contributed by atoms with Crippen molar-refractivity contribution in [3.05, 3.63) is 65.9 Å². The number of fused-ring (bicyclic) bond motifs is 2. The third kappa shape index (κ3) is 3.97. The quantitative estimate of drug-likeness (QED) is 0.560. The van der Waals surface area contributed by atoms with Gasteiger partial charge in [-0.05, 0) is 69.3 Å². The van der Waals surface area contributed by atoms with Crippen molar-refractivity contribution >= 4 is 16.6 Å². The van der Waals surface area contributed by atoms with Crippen LogP contribution in [0.4, 0.5) is 5.69 Å². The molecule has 0 spiro atoms. The minimum absolute atomic E-state index is 0.331. The van der Waals surface area contributed by atoms with Gasteiger partial charge in [-0.25, -0.2) is 0 Å². The molecular formula is C24H29N3O. The zero-order valence-corrected chi connectivity index (χ0v) is 17.1. The largest absolute Gasteiger partial charge is 0.492 e. The van der Waals surface area contributed by atoms with Gasteiger partial charge in [0.25, 0.3) is 0 Å². The van der Waals surface area contributed by atoms with E-state index in [1.807, 2.05) is 6.20 Å². The van der Waals surface area contributed by atoms with E-state index in [-0.39, 0.29) is 0 Å². The monoisotopic (exact) mass is 375 g/mol. The zero-order chi connectivity index (χ0) is 19.5. The van der Waals surface area contributed by atoms with Crippen LogP contribution in [0, 0.1) is 0 Å². The van der Waals surface area contributed by atoms with Crippen molar-refractivity contribution in [2.24, 2.45) is 0 Å². The molecule has 4 nitrogen and oxygen atoms in total. The maximum atomic E-state index is 5.91. The maximum Gasteiger partial charge on any atom is 0.138 e. The number of ether oxygens (including phenoxy) is 1. The summed E-state index contributed by atoms with van der Waals surface area (Å²) in [5.41, 5.74) is 5.14. The third-order valence-electron chi connectivity index (χ3n) is 5.57. The molecule has 4 heteroatoms. The Kier molecular flexibility index (Phi) is 5.49. The zero-order valence-electron chi connectivity index (χ0n) is 17.1. The van der Waals surface area contributed by atoms with E-state index in [0.717, 1.165) is 42.6 Å². The van der Waals surface area contributed by atoms with E-state index < -0.39 is 0 Å². The minimum atomic E-state index is 0.331. The van der Waals surface area contributed by atoms with Gasteiger partial charge in [-0.3, -0.25) is 4.98 Å². The van der Waals surface area contributed by atoms with Crippen LogP contribution < -0.4 is 9.64 Å². The molecule has 146 valence electrons. The van der Waals surface area contributed by atoms with Crippen LogP contribution in [-0.2, 0) is 6.42 Å². The van der Waals surface area contributed by atoms with E-state index in [4.69, 9.17) is 4.74 Å². The standard InChI is InChI=1S/C24H29N3O/c1-18(27-13-11-19-7-4-5-8-24(19)27)20-9-10-23-21(15-20)16-22(17-25-23)28-14-6-12-26(2)3/h4-5,7-10,15-18H,6,11-14H2,1-3H3/t18-/m1/s1. The van der Waals surface area contributed by atoms with Gasteiger partial charge in [0.1, 0.15) is 5.75 Å². The number of hydrogen-bond acceptors (Lipinski definition) is 4. The van der Waals surface area contributed by atoms with Crippen LogP contribution >= 0.6 is 0 Å². The van der Waals surface area contributed by atoms with Crippen LogP contribution in [0.25, 0.3) is 10.9 Å². The summed E-state index contributed by atoms with van der Waals surface area (Å²) in [6, 6.07) is 17.8. The first-order valence-corrected chi connectivity index (χ1v) is 10.1. The Morgan fingerprint density at radius 3 is 2.86 bits per heavy atom. The number of rotatable bonds is 7. The van der Waals surface area contributed by atoms with Gasteiger partial charge in [0.15, 0.2) is 0 Å². The Balaban J connectivity index is 1.52. The smallest absolute Gasteiger partial charge is 0.138 e. The molecule has 0 aliphatic carbocycles. The molecule has 2 heterocycles. The van der Waals surface area contributed by atoms with Gasteiger partial charge in [0.2, 0.25) is 0 Å². The summed E-state index contributed by atoms with van der Waals surface area (Å²) in [5, 5.41) is 1.14. The van der Waals surface area contributed by atoms with Gasteiger partial charge in [-0.2, -0.15) is 0 Å². The highest BCUT2D eigenvalue weighted by Gasteiger charge is 2.24. The van der Waals surface area contributed by atoms with Crippen LogP contribution in [-0.4, -0.2) is 43.7 Å². The van der Waals surface area contributed by atoms with Crippen molar-refractivity contribution < 1.29 is 4.74 Å². The number of nitrogens with zero attached hydrogens (tertiary/aromatic N) is 3. The summed E-state index contributed by atoms with van der Waals surface area (Å²) in [4.78, 5) is 9.26. The van der Waals surface area contributed by atoms with Gasteiger partial charge in [-0.15, -0.1) is 0 Å². The predicted molar refractivity (Wildman–Crippen MR) is 116 cm³/mol. The molecule has 0 unspecified atom stereocenters. The molecule has 4 rings (SSSR count). The van der Waals surface area contributed by atoms with Crippen molar-refractivity contribution in [3.63, 3.8) is 0 Å². The Labute approximate surface area is 167 Å². The molecule has 0 N–H and O–H groups in total. The molecule has 0 fully saturated rings. The van der Waals surface area contributed by atoms with Crippen molar-refractivity contribution in [1.82, 2.24) is 9.88 Å². The molecule has 1 aliphatic rings. The summed E-state index contributed by atoms with van der Waals surface area (Å²) in [6.45, 7) is 5.11. The van der Waals surface area contributed by atoms with E-state index in [0.29, 0.717) is 12.6 Å². The predicted octanol–water partition coefficient (Wildman–Crippen LogP) is 4.69. The van der Waals surface area contributed by atoms with Crippen LogP contribution in [0.1, 0.15) is 30.5 Å². The average molecular weight is 376 g/mol. The Morgan fingerprint density at radius 2 is 2.00 bits per heavy atom. The SMILES string of the molecule is C[C@H](c1ccc2ncc(OCCCN(C)C)cc2c1)N1CCc2ccccc21. The molecule has 0 amide bonds. The fourth-order valence-electron chi connectivity index (χ4n) is 3.99.